The summed E-state index contributed by atoms with van der Waals surface area (Å²) in [6, 6.07) is 11.9. The van der Waals surface area contributed by atoms with Crippen molar-refractivity contribution in [3.05, 3.63) is 59.9 Å². The Bertz CT molecular complexity index is 925. The first-order chi connectivity index (χ1) is 13.8. The Hall–Kier alpha value is -2.66. The van der Waals surface area contributed by atoms with Gasteiger partial charge in [0.15, 0.2) is 0 Å². The van der Waals surface area contributed by atoms with E-state index in [2.05, 4.69) is 27.4 Å². The fourth-order valence-corrected chi connectivity index (χ4v) is 4.52. The second kappa shape index (κ2) is 8.57. The fourth-order valence-electron chi connectivity index (χ4n) is 4.52. The molecule has 1 unspecified atom stereocenters. The van der Waals surface area contributed by atoms with Crippen molar-refractivity contribution in [2.75, 3.05) is 11.9 Å². The van der Waals surface area contributed by atoms with E-state index in [4.69, 9.17) is 5.73 Å². The average Bonchev–Trinajstić information content (AvgIpc) is 3.41. The number of carbonyl (C=O) groups excluding carboxylic acids is 1. The van der Waals surface area contributed by atoms with Gasteiger partial charge in [-0.3, -0.25) is 4.79 Å². The predicted octanol–water partition coefficient (Wildman–Crippen LogP) is 4.83. The molecule has 0 spiro atoms. The molecular formula is C23H28N4O. The molecule has 1 atom stereocenters. The first-order valence-electron chi connectivity index (χ1n) is 10.3. The van der Waals surface area contributed by atoms with Crippen molar-refractivity contribution in [2.24, 2.45) is 11.7 Å². The van der Waals surface area contributed by atoms with Crippen molar-refractivity contribution >= 4 is 22.6 Å². The van der Waals surface area contributed by atoms with E-state index < -0.39 is 0 Å². The molecule has 4 N–H and O–H groups in total. The number of aromatic nitrogens is 2. The zero-order valence-electron chi connectivity index (χ0n) is 16.2. The van der Waals surface area contributed by atoms with Gasteiger partial charge in [-0.15, -0.1) is 0 Å². The molecule has 1 aliphatic carbocycles. The van der Waals surface area contributed by atoms with E-state index in [0.717, 1.165) is 42.0 Å². The van der Waals surface area contributed by atoms with Crippen molar-refractivity contribution in [2.45, 2.75) is 44.4 Å². The summed E-state index contributed by atoms with van der Waals surface area (Å²) < 4.78 is 0. The molecule has 1 aliphatic rings. The van der Waals surface area contributed by atoms with Gasteiger partial charge in [-0.05, 0) is 73.9 Å². The molecule has 2 aromatic heterocycles. The molecule has 5 nitrogen and oxygen atoms in total. The van der Waals surface area contributed by atoms with Gasteiger partial charge >= 0.3 is 0 Å². The summed E-state index contributed by atoms with van der Waals surface area (Å²) in [5.74, 6) is 1.22. The summed E-state index contributed by atoms with van der Waals surface area (Å²) in [6.07, 6.45) is 11.0. The van der Waals surface area contributed by atoms with Crippen LogP contribution >= 0.6 is 0 Å². The van der Waals surface area contributed by atoms with Crippen LogP contribution in [0.4, 0.5) is 5.69 Å². The molecule has 1 aromatic carbocycles. The Labute approximate surface area is 165 Å². The van der Waals surface area contributed by atoms with Gasteiger partial charge in [-0.1, -0.05) is 25.0 Å². The van der Waals surface area contributed by atoms with Crippen LogP contribution in [-0.4, -0.2) is 22.4 Å². The lowest BCUT2D eigenvalue weighted by Crippen LogP contribution is -2.14. The Morgan fingerprint density at radius 1 is 1.18 bits per heavy atom. The zero-order valence-corrected chi connectivity index (χ0v) is 16.2. The Balaban J connectivity index is 1.50. The summed E-state index contributed by atoms with van der Waals surface area (Å²) in [6.45, 7) is 0.739. The Kier molecular flexibility index (Phi) is 5.72. The van der Waals surface area contributed by atoms with E-state index in [1.807, 2.05) is 30.5 Å². The maximum Gasteiger partial charge on any atom is 0.255 e. The van der Waals surface area contributed by atoms with Crippen LogP contribution in [0.15, 0.2) is 48.8 Å². The summed E-state index contributed by atoms with van der Waals surface area (Å²) in [5, 5.41) is 3.92. The molecule has 0 radical (unpaired) electrons. The molecular weight excluding hydrogens is 348 g/mol. The van der Waals surface area contributed by atoms with Gasteiger partial charge in [0, 0.05) is 23.3 Å². The van der Waals surface area contributed by atoms with Gasteiger partial charge in [-0.25, -0.2) is 4.98 Å². The molecule has 0 saturated heterocycles. The number of hydrogen-bond acceptors (Lipinski definition) is 3. The molecule has 3 aromatic rings. The van der Waals surface area contributed by atoms with Gasteiger partial charge in [-0.2, -0.15) is 0 Å². The number of aromatic amines is 1. The van der Waals surface area contributed by atoms with Gasteiger partial charge in [0.25, 0.3) is 5.91 Å². The standard InChI is InChI=1S/C23H28N4O/c24-13-3-6-19(16-4-1-2-5-16)17-7-9-18(10-8-17)23(28)27-21-12-15-26-22-20(21)11-14-25-22/h7-12,14-16,19H,1-6,13,24H2,(H2,25,26,27,28). The molecule has 1 saturated carbocycles. The van der Waals surface area contributed by atoms with Gasteiger partial charge in [0.1, 0.15) is 5.65 Å². The maximum atomic E-state index is 12.7. The van der Waals surface area contributed by atoms with Crippen LogP contribution in [0.5, 0.6) is 0 Å². The smallest absolute Gasteiger partial charge is 0.255 e. The predicted molar refractivity (Wildman–Crippen MR) is 113 cm³/mol. The molecule has 1 amide bonds. The van der Waals surface area contributed by atoms with Crippen LogP contribution in [0, 0.1) is 5.92 Å². The number of pyridine rings is 1. The third-order valence-corrected chi connectivity index (χ3v) is 6.00. The summed E-state index contributed by atoms with van der Waals surface area (Å²) in [7, 11) is 0. The number of benzene rings is 1. The average molecular weight is 377 g/mol. The Morgan fingerprint density at radius 3 is 2.71 bits per heavy atom. The highest BCUT2D eigenvalue weighted by Crippen LogP contribution is 2.40. The minimum Gasteiger partial charge on any atom is -0.346 e. The van der Waals surface area contributed by atoms with Gasteiger partial charge < -0.3 is 16.0 Å². The number of carbonyl (C=O) groups is 1. The molecule has 28 heavy (non-hydrogen) atoms. The molecule has 5 heteroatoms. The van der Waals surface area contributed by atoms with Gasteiger partial charge in [0.05, 0.1) is 5.69 Å². The summed E-state index contributed by atoms with van der Waals surface area (Å²) >= 11 is 0. The van der Waals surface area contributed by atoms with E-state index in [1.54, 1.807) is 6.20 Å². The highest BCUT2D eigenvalue weighted by molar-refractivity contribution is 6.08. The van der Waals surface area contributed by atoms with Crippen LogP contribution in [-0.2, 0) is 0 Å². The molecule has 1 fully saturated rings. The number of amides is 1. The minimum absolute atomic E-state index is 0.0976. The lowest BCUT2D eigenvalue weighted by atomic mass is 9.81. The van der Waals surface area contributed by atoms with E-state index >= 15 is 0 Å². The highest BCUT2D eigenvalue weighted by atomic mass is 16.1. The van der Waals surface area contributed by atoms with Crippen LogP contribution in [0.1, 0.15) is 60.4 Å². The highest BCUT2D eigenvalue weighted by Gasteiger charge is 2.26. The van der Waals surface area contributed by atoms with Crippen molar-refractivity contribution in [1.29, 1.82) is 0 Å². The fraction of sp³-hybridized carbons (Fsp3) is 0.391. The molecule has 146 valence electrons. The first kappa shape index (κ1) is 18.7. The van der Waals surface area contributed by atoms with Gasteiger partial charge in [0.2, 0.25) is 0 Å². The van der Waals surface area contributed by atoms with E-state index in [0.29, 0.717) is 11.5 Å². The van der Waals surface area contributed by atoms with Crippen LogP contribution < -0.4 is 11.1 Å². The number of anilines is 1. The maximum absolute atomic E-state index is 12.7. The number of nitrogens with one attached hydrogen (secondary N) is 2. The van der Waals surface area contributed by atoms with Crippen molar-refractivity contribution in [3.63, 3.8) is 0 Å². The third kappa shape index (κ3) is 3.94. The monoisotopic (exact) mass is 376 g/mol. The lowest BCUT2D eigenvalue weighted by molar-refractivity contribution is 0.102. The molecule has 0 bridgehead atoms. The van der Waals surface area contributed by atoms with Crippen molar-refractivity contribution in [3.8, 4) is 0 Å². The normalized spacial score (nSPS) is 15.8. The number of rotatable bonds is 7. The SMILES string of the molecule is NCCCC(c1ccc(C(=O)Nc2ccnc3[nH]ccc23)cc1)C1CCCC1. The molecule has 0 aliphatic heterocycles. The number of hydrogen-bond donors (Lipinski definition) is 3. The number of H-pyrrole nitrogens is 1. The van der Waals surface area contributed by atoms with Crippen molar-refractivity contribution in [1.82, 2.24) is 9.97 Å². The number of nitrogens with zero attached hydrogens (tertiary/aromatic N) is 1. The van der Waals surface area contributed by atoms with Crippen LogP contribution in [0.2, 0.25) is 0 Å². The van der Waals surface area contributed by atoms with E-state index in [9.17, 15) is 4.79 Å². The minimum atomic E-state index is -0.0976. The zero-order chi connectivity index (χ0) is 19.3. The topological polar surface area (TPSA) is 83.8 Å². The molecule has 2 heterocycles. The number of fused-ring (bicyclic) bond motifs is 1. The molecule has 4 rings (SSSR count). The van der Waals surface area contributed by atoms with E-state index in [1.165, 1.54) is 31.2 Å². The second-order valence-electron chi connectivity index (χ2n) is 7.76. The number of nitrogens with two attached hydrogens (primary N) is 1. The van der Waals surface area contributed by atoms with Crippen LogP contribution in [0.25, 0.3) is 11.0 Å². The summed E-state index contributed by atoms with van der Waals surface area (Å²) in [4.78, 5) is 20.1. The first-order valence-corrected chi connectivity index (χ1v) is 10.3. The summed E-state index contributed by atoms with van der Waals surface area (Å²) in [5.41, 5.74) is 9.32. The Morgan fingerprint density at radius 2 is 1.96 bits per heavy atom. The van der Waals surface area contributed by atoms with E-state index in [-0.39, 0.29) is 5.91 Å². The van der Waals surface area contributed by atoms with Crippen molar-refractivity contribution < 1.29 is 4.79 Å². The lowest BCUT2D eigenvalue weighted by Gasteiger charge is -2.24. The largest absolute Gasteiger partial charge is 0.346 e. The second-order valence-corrected chi connectivity index (χ2v) is 7.76. The van der Waals surface area contributed by atoms with Crippen LogP contribution in [0.3, 0.4) is 0 Å². The quantitative estimate of drug-likeness (QED) is 0.552. The third-order valence-electron chi connectivity index (χ3n) is 6.00.